The minimum Gasteiger partial charge on any atom is -0.298 e. The van der Waals surface area contributed by atoms with Crippen LogP contribution in [-0.2, 0) is 0 Å². The standard InChI is InChI=1S/C10H19N/c1-9(2)11-8-6-4-5-7-10(11)3/h4-5,9-10H,6-8H2,1-3H3/t10-/m1/s1. The molecule has 0 spiro atoms. The summed E-state index contributed by atoms with van der Waals surface area (Å²) < 4.78 is 0. The van der Waals surface area contributed by atoms with E-state index >= 15 is 0 Å². The van der Waals surface area contributed by atoms with Crippen LogP contribution in [0.1, 0.15) is 33.6 Å². The van der Waals surface area contributed by atoms with Crippen molar-refractivity contribution in [2.24, 2.45) is 0 Å². The quantitative estimate of drug-likeness (QED) is 0.523. The van der Waals surface area contributed by atoms with Crippen LogP contribution in [0, 0.1) is 0 Å². The Kier molecular flexibility index (Phi) is 3.13. The molecule has 1 rings (SSSR count). The van der Waals surface area contributed by atoms with Gasteiger partial charge < -0.3 is 0 Å². The third kappa shape index (κ3) is 2.33. The molecule has 1 aliphatic rings. The predicted octanol–water partition coefficient (Wildman–Crippen LogP) is 2.44. The predicted molar refractivity (Wildman–Crippen MR) is 49.7 cm³/mol. The first-order valence-corrected chi connectivity index (χ1v) is 4.62. The van der Waals surface area contributed by atoms with E-state index in [-0.39, 0.29) is 0 Å². The van der Waals surface area contributed by atoms with E-state index in [0.29, 0.717) is 6.04 Å². The van der Waals surface area contributed by atoms with E-state index in [1.54, 1.807) is 0 Å². The van der Waals surface area contributed by atoms with Crippen LogP contribution < -0.4 is 0 Å². The van der Waals surface area contributed by atoms with Crippen molar-refractivity contribution in [3.05, 3.63) is 12.2 Å². The molecule has 0 aliphatic carbocycles. The summed E-state index contributed by atoms with van der Waals surface area (Å²) in [5, 5.41) is 0. The molecule has 0 fully saturated rings. The number of nitrogens with zero attached hydrogens (tertiary/aromatic N) is 1. The highest BCUT2D eigenvalue weighted by Gasteiger charge is 2.16. The molecule has 64 valence electrons. The van der Waals surface area contributed by atoms with Crippen LogP contribution in [0.5, 0.6) is 0 Å². The van der Waals surface area contributed by atoms with E-state index < -0.39 is 0 Å². The second-order valence-corrected chi connectivity index (χ2v) is 3.68. The Labute approximate surface area is 70.1 Å². The SMILES string of the molecule is CC(C)N1CCC=CC[C@H]1C. The van der Waals surface area contributed by atoms with Gasteiger partial charge in [-0.15, -0.1) is 0 Å². The molecule has 0 saturated heterocycles. The molecule has 0 bridgehead atoms. The fourth-order valence-corrected chi connectivity index (χ4v) is 1.76. The Morgan fingerprint density at radius 1 is 1.36 bits per heavy atom. The van der Waals surface area contributed by atoms with Crippen molar-refractivity contribution in [3.8, 4) is 0 Å². The van der Waals surface area contributed by atoms with Gasteiger partial charge in [0.1, 0.15) is 0 Å². The molecule has 1 aliphatic heterocycles. The Morgan fingerprint density at radius 2 is 2.09 bits per heavy atom. The molecular formula is C10H19N. The molecule has 1 heteroatoms. The highest BCUT2D eigenvalue weighted by Crippen LogP contribution is 2.13. The molecule has 0 unspecified atom stereocenters. The fourth-order valence-electron chi connectivity index (χ4n) is 1.76. The van der Waals surface area contributed by atoms with Gasteiger partial charge in [0.2, 0.25) is 0 Å². The molecular weight excluding hydrogens is 134 g/mol. The van der Waals surface area contributed by atoms with Gasteiger partial charge in [0.05, 0.1) is 0 Å². The lowest BCUT2D eigenvalue weighted by Gasteiger charge is -2.30. The Hall–Kier alpha value is -0.300. The lowest BCUT2D eigenvalue weighted by molar-refractivity contribution is 0.172. The normalized spacial score (nSPS) is 27.5. The van der Waals surface area contributed by atoms with Gasteiger partial charge in [0.25, 0.3) is 0 Å². The third-order valence-corrected chi connectivity index (χ3v) is 2.43. The van der Waals surface area contributed by atoms with Gasteiger partial charge in [-0.3, -0.25) is 4.90 Å². The summed E-state index contributed by atoms with van der Waals surface area (Å²) in [6, 6.07) is 1.43. The zero-order valence-electron chi connectivity index (χ0n) is 7.88. The van der Waals surface area contributed by atoms with Gasteiger partial charge in [-0.05, 0) is 33.6 Å². The second-order valence-electron chi connectivity index (χ2n) is 3.68. The van der Waals surface area contributed by atoms with E-state index in [9.17, 15) is 0 Å². The first-order chi connectivity index (χ1) is 5.22. The van der Waals surface area contributed by atoms with Crippen molar-refractivity contribution in [3.63, 3.8) is 0 Å². The van der Waals surface area contributed by atoms with Crippen molar-refractivity contribution < 1.29 is 0 Å². The van der Waals surface area contributed by atoms with E-state index in [0.717, 1.165) is 6.04 Å². The first-order valence-electron chi connectivity index (χ1n) is 4.62. The lowest BCUT2D eigenvalue weighted by atomic mass is 10.2. The monoisotopic (exact) mass is 153 g/mol. The van der Waals surface area contributed by atoms with E-state index in [2.05, 4.69) is 37.8 Å². The zero-order chi connectivity index (χ0) is 8.27. The summed E-state index contributed by atoms with van der Waals surface area (Å²) in [5.41, 5.74) is 0. The first kappa shape index (κ1) is 8.79. The average Bonchev–Trinajstić information content (AvgIpc) is 2.13. The third-order valence-electron chi connectivity index (χ3n) is 2.43. The molecule has 0 saturated carbocycles. The summed E-state index contributed by atoms with van der Waals surface area (Å²) in [6.45, 7) is 8.11. The fraction of sp³-hybridized carbons (Fsp3) is 0.800. The topological polar surface area (TPSA) is 3.24 Å². The van der Waals surface area contributed by atoms with Crippen LogP contribution in [0.3, 0.4) is 0 Å². The maximum atomic E-state index is 2.57. The van der Waals surface area contributed by atoms with Crippen molar-refractivity contribution in [2.75, 3.05) is 6.54 Å². The van der Waals surface area contributed by atoms with Crippen molar-refractivity contribution in [1.82, 2.24) is 4.90 Å². The van der Waals surface area contributed by atoms with Gasteiger partial charge in [0.15, 0.2) is 0 Å². The average molecular weight is 153 g/mol. The smallest absolute Gasteiger partial charge is 0.0104 e. The summed E-state index contributed by atoms with van der Waals surface area (Å²) in [6.07, 6.45) is 7.06. The van der Waals surface area contributed by atoms with Crippen LogP contribution in [0.2, 0.25) is 0 Å². The molecule has 0 aromatic rings. The Morgan fingerprint density at radius 3 is 2.73 bits per heavy atom. The van der Waals surface area contributed by atoms with Gasteiger partial charge in [-0.25, -0.2) is 0 Å². The maximum Gasteiger partial charge on any atom is 0.0104 e. The molecule has 1 atom stereocenters. The van der Waals surface area contributed by atoms with Crippen LogP contribution in [0.15, 0.2) is 12.2 Å². The molecule has 1 nitrogen and oxygen atoms in total. The highest BCUT2D eigenvalue weighted by atomic mass is 15.2. The maximum absolute atomic E-state index is 2.57. The molecule has 0 radical (unpaired) electrons. The van der Waals surface area contributed by atoms with Crippen LogP contribution >= 0.6 is 0 Å². The van der Waals surface area contributed by atoms with Gasteiger partial charge >= 0.3 is 0 Å². The summed E-state index contributed by atoms with van der Waals surface area (Å²) in [5.74, 6) is 0. The molecule has 1 heterocycles. The van der Waals surface area contributed by atoms with Gasteiger partial charge in [-0.1, -0.05) is 12.2 Å². The van der Waals surface area contributed by atoms with Gasteiger partial charge in [-0.2, -0.15) is 0 Å². The van der Waals surface area contributed by atoms with Crippen molar-refractivity contribution in [1.29, 1.82) is 0 Å². The van der Waals surface area contributed by atoms with Crippen molar-refractivity contribution in [2.45, 2.75) is 45.7 Å². The van der Waals surface area contributed by atoms with E-state index in [1.165, 1.54) is 19.4 Å². The van der Waals surface area contributed by atoms with Gasteiger partial charge in [0, 0.05) is 18.6 Å². The Bertz CT molecular complexity index is 138. The molecule has 0 aromatic carbocycles. The van der Waals surface area contributed by atoms with Crippen LogP contribution in [0.4, 0.5) is 0 Å². The summed E-state index contributed by atoms with van der Waals surface area (Å²) >= 11 is 0. The molecule has 0 N–H and O–H groups in total. The van der Waals surface area contributed by atoms with Crippen LogP contribution in [-0.4, -0.2) is 23.5 Å². The minimum atomic E-state index is 0.699. The van der Waals surface area contributed by atoms with Crippen LogP contribution in [0.25, 0.3) is 0 Å². The molecule has 0 amide bonds. The number of hydrogen-bond acceptors (Lipinski definition) is 1. The summed E-state index contributed by atoms with van der Waals surface area (Å²) in [7, 11) is 0. The Balaban J connectivity index is 2.51. The largest absolute Gasteiger partial charge is 0.298 e. The summed E-state index contributed by atoms with van der Waals surface area (Å²) in [4.78, 5) is 2.57. The van der Waals surface area contributed by atoms with E-state index in [1.807, 2.05) is 0 Å². The second kappa shape index (κ2) is 3.91. The molecule has 11 heavy (non-hydrogen) atoms. The zero-order valence-corrected chi connectivity index (χ0v) is 7.88. The molecule has 0 aromatic heterocycles. The number of hydrogen-bond donors (Lipinski definition) is 0. The highest BCUT2D eigenvalue weighted by molar-refractivity contribution is 4.91. The van der Waals surface area contributed by atoms with Crippen molar-refractivity contribution >= 4 is 0 Å². The van der Waals surface area contributed by atoms with E-state index in [4.69, 9.17) is 0 Å². The lowest BCUT2D eigenvalue weighted by Crippen LogP contribution is -2.38. The minimum absolute atomic E-state index is 0.699. The number of rotatable bonds is 1.